The number of nitrogens with zero attached hydrogens (tertiary/aromatic N) is 1. The summed E-state index contributed by atoms with van der Waals surface area (Å²) in [6.07, 6.45) is 1.89. The van der Waals surface area contributed by atoms with E-state index in [2.05, 4.69) is 15.0 Å². The smallest absolute Gasteiger partial charge is 0.328 e. The van der Waals surface area contributed by atoms with Crippen molar-refractivity contribution in [2.75, 3.05) is 7.11 Å². The maximum absolute atomic E-state index is 11.6. The number of aromatic nitrogens is 1. The molecule has 98 valence electrons. The summed E-state index contributed by atoms with van der Waals surface area (Å²) in [5.41, 5.74) is 6.13. The number of hydrogen-bond acceptors (Lipinski definition) is 5. The summed E-state index contributed by atoms with van der Waals surface area (Å²) < 4.78 is 4.64. The Balaban J connectivity index is 2.73. The van der Waals surface area contributed by atoms with Gasteiger partial charge in [-0.3, -0.25) is 9.78 Å². The van der Waals surface area contributed by atoms with Gasteiger partial charge in [0.2, 0.25) is 5.91 Å². The lowest BCUT2D eigenvalue weighted by Crippen LogP contribution is -2.48. The van der Waals surface area contributed by atoms with Gasteiger partial charge in [0.05, 0.1) is 13.2 Å². The highest BCUT2D eigenvalue weighted by Gasteiger charge is 2.23. The quantitative estimate of drug-likeness (QED) is 0.696. The molecule has 0 fully saturated rings. The van der Waals surface area contributed by atoms with Gasteiger partial charge in [-0.15, -0.1) is 0 Å². The molecule has 2 atom stereocenters. The van der Waals surface area contributed by atoms with Crippen molar-refractivity contribution in [1.29, 1.82) is 0 Å². The van der Waals surface area contributed by atoms with Crippen LogP contribution in [0.25, 0.3) is 0 Å². The van der Waals surface area contributed by atoms with Crippen molar-refractivity contribution in [3.8, 4) is 0 Å². The molecule has 6 heteroatoms. The van der Waals surface area contributed by atoms with Gasteiger partial charge in [-0.2, -0.15) is 0 Å². The van der Waals surface area contributed by atoms with E-state index >= 15 is 0 Å². The summed E-state index contributed by atoms with van der Waals surface area (Å²) in [5.74, 6) is -0.920. The van der Waals surface area contributed by atoms with Gasteiger partial charge in [0, 0.05) is 18.3 Å². The average molecular weight is 251 g/mol. The molecule has 1 aromatic rings. The highest BCUT2D eigenvalue weighted by atomic mass is 16.5. The molecule has 0 radical (unpaired) electrons. The van der Waals surface area contributed by atoms with Crippen LogP contribution >= 0.6 is 0 Å². The minimum atomic E-state index is -0.775. The SMILES string of the molecule is COC(=O)[C@H](Cc1ccccn1)NC(=O)[C@@H](C)N. The van der Waals surface area contributed by atoms with E-state index in [1.165, 1.54) is 7.11 Å². The van der Waals surface area contributed by atoms with Crippen LogP contribution in [0.2, 0.25) is 0 Å². The van der Waals surface area contributed by atoms with Gasteiger partial charge < -0.3 is 15.8 Å². The van der Waals surface area contributed by atoms with Crippen LogP contribution in [0.15, 0.2) is 24.4 Å². The molecule has 0 aliphatic heterocycles. The molecule has 0 saturated heterocycles. The molecule has 0 unspecified atom stereocenters. The second kappa shape index (κ2) is 6.70. The van der Waals surface area contributed by atoms with Crippen molar-refractivity contribution in [3.05, 3.63) is 30.1 Å². The topological polar surface area (TPSA) is 94.3 Å². The Hall–Kier alpha value is -1.95. The zero-order chi connectivity index (χ0) is 13.5. The maximum Gasteiger partial charge on any atom is 0.328 e. The number of nitrogens with two attached hydrogens (primary N) is 1. The van der Waals surface area contributed by atoms with E-state index in [4.69, 9.17) is 5.73 Å². The summed E-state index contributed by atoms with van der Waals surface area (Å²) in [4.78, 5) is 27.2. The molecular weight excluding hydrogens is 234 g/mol. The zero-order valence-corrected chi connectivity index (χ0v) is 10.4. The van der Waals surface area contributed by atoms with Crippen molar-refractivity contribution in [3.63, 3.8) is 0 Å². The van der Waals surface area contributed by atoms with E-state index in [0.29, 0.717) is 5.69 Å². The Morgan fingerprint density at radius 1 is 1.50 bits per heavy atom. The summed E-state index contributed by atoms with van der Waals surface area (Å²) in [5, 5.41) is 2.54. The molecule has 0 spiro atoms. The van der Waals surface area contributed by atoms with Crippen LogP contribution < -0.4 is 11.1 Å². The van der Waals surface area contributed by atoms with E-state index in [0.717, 1.165) is 0 Å². The van der Waals surface area contributed by atoms with Gasteiger partial charge in [-0.05, 0) is 19.1 Å². The Bertz CT molecular complexity index is 406. The standard InChI is InChI=1S/C12H17N3O3/c1-8(13)11(16)15-10(12(17)18-2)7-9-5-3-4-6-14-9/h3-6,8,10H,7,13H2,1-2H3,(H,15,16)/t8-,10+/m1/s1. The number of esters is 1. The van der Waals surface area contributed by atoms with Gasteiger partial charge in [-0.25, -0.2) is 4.79 Å². The number of pyridine rings is 1. The molecule has 0 aromatic carbocycles. The summed E-state index contributed by atoms with van der Waals surface area (Å²) >= 11 is 0. The third-order valence-corrected chi connectivity index (χ3v) is 2.36. The molecule has 6 nitrogen and oxygen atoms in total. The molecule has 0 saturated carbocycles. The fourth-order valence-electron chi connectivity index (χ4n) is 1.37. The molecule has 0 aliphatic carbocycles. The van der Waals surface area contributed by atoms with E-state index in [-0.39, 0.29) is 6.42 Å². The first kappa shape index (κ1) is 14.1. The van der Waals surface area contributed by atoms with E-state index in [1.807, 2.05) is 6.07 Å². The van der Waals surface area contributed by atoms with Gasteiger partial charge in [-0.1, -0.05) is 6.07 Å². The van der Waals surface area contributed by atoms with Gasteiger partial charge in [0.15, 0.2) is 0 Å². The number of carbonyl (C=O) groups excluding carboxylic acids is 2. The van der Waals surface area contributed by atoms with Crippen molar-refractivity contribution < 1.29 is 14.3 Å². The van der Waals surface area contributed by atoms with Crippen LogP contribution in [0.5, 0.6) is 0 Å². The molecule has 1 amide bonds. The molecule has 0 bridgehead atoms. The number of nitrogens with one attached hydrogen (secondary N) is 1. The van der Waals surface area contributed by atoms with Crippen LogP contribution in [0.3, 0.4) is 0 Å². The molecule has 18 heavy (non-hydrogen) atoms. The number of rotatable bonds is 5. The van der Waals surface area contributed by atoms with E-state index in [1.54, 1.807) is 25.3 Å². The maximum atomic E-state index is 11.6. The van der Waals surface area contributed by atoms with Gasteiger partial charge >= 0.3 is 5.97 Å². The number of ether oxygens (including phenoxy) is 1. The predicted molar refractivity (Wildman–Crippen MR) is 65.5 cm³/mol. The second-order valence-corrected chi connectivity index (χ2v) is 3.90. The predicted octanol–water partition coefficient (Wildman–Crippen LogP) is -0.371. The van der Waals surface area contributed by atoms with E-state index in [9.17, 15) is 9.59 Å². The summed E-state index contributed by atoms with van der Waals surface area (Å²) in [6, 6.07) is 3.90. The second-order valence-electron chi connectivity index (χ2n) is 3.90. The monoisotopic (exact) mass is 251 g/mol. The first-order valence-corrected chi connectivity index (χ1v) is 5.58. The Labute approximate surface area is 106 Å². The highest BCUT2D eigenvalue weighted by molar-refractivity contribution is 5.87. The normalized spacial score (nSPS) is 13.5. The third kappa shape index (κ3) is 4.14. The highest BCUT2D eigenvalue weighted by Crippen LogP contribution is 2.01. The number of amides is 1. The average Bonchev–Trinajstić information content (AvgIpc) is 2.38. The largest absolute Gasteiger partial charge is 0.467 e. The first-order valence-electron chi connectivity index (χ1n) is 5.58. The Morgan fingerprint density at radius 3 is 2.72 bits per heavy atom. The van der Waals surface area contributed by atoms with E-state index < -0.39 is 24.0 Å². The lowest BCUT2D eigenvalue weighted by Gasteiger charge is -2.17. The van der Waals surface area contributed by atoms with Crippen molar-refractivity contribution in [1.82, 2.24) is 10.3 Å². The minimum Gasteiger partial charge on any atom is -0.467 e. The van der Waals surface area contributed by atoms with Crippen LogP contribution in [0, 0.1) is 0 Å². The lowest BCUT2D eigenvalue weighted by atomic mass is 10.1. The third-order valence-electron chi connectivity index (χ3n) is 2.36. The number of methoxy groups -OCH3 is 1. The molecule has 1 heterocycles. The number of hydrogen-bond donors (Lipinski definition) is 2. The Morgan fingerprint density at radius 2 is 2.22 bits per heavy atom. The summed E-state index contributed by atoms with van der Waals surface area (Å²) in [7, 11) is 1.27. The van der Waals surface area contributed by atoms with Crippen molar-refractivity contribution in [2.24, 2.45) is 5.73 Å². The molecule has 0 aliphatic rings. The minimum absolute atomic E-state index is 0.270. The number of carbonyl (C=O) groups is 2. The van der Waals surface area contributed by atoms with Gasteiger partial charge in [0.1, 0.15) is 6.04 Å². The first-order chi connectivity index (χ1) is 8.54. The summed E-state index contributed by atoms with van der Waals surface area (Å²) in [6.45, 7) is 1.55. The van der Waals surface area contributed by atoms with Crippen LogP contribution in [-0.2, 0) is 20.7 Å². The Kier molecular flexibility index (Phi) is 5.26. The van der Waals surface area contributed by atoms with Crippen molar-refractivity contribution >= 4 is 11.9 Å². The molecule has 1 rings (SSSR count). The molecular formula is C12H17N3O3. The van der Waals surface area contributed by atoms with Gasteiger partial charge in [0.25, 0.3) is 0 Å². The zero-order valence-electron chi connectivity index (χ0n) is 10.4. The lowest BCUT2D eigenvalue weighted by molar-refractivity contribution is -0.145. The van der Waals surface area contributed by atoms with Crippen LogP contribution in [0.4, 0.5) is 0 Å². The van der Waals surface area contributed by atoms with Crippen LogP contribution in [-0.4, -0.2) is 36.1 Å². The fraction of sp³-hybridized carbons (Fsp3) is 0.417. The van der Waals surface area contributed by atoms with Crippen LogP contribution in [0.1, 0.15) is 12.6 Å². The molecule has 1 aromatic heterocycles. The fourth-order valence-corrected chi connectivity index (χ4v) is 1.37. The molecule has 3 N–H and O–H groups in total. The van der Waals surface area contributed by atoms with Crippen molar-refractivity contribution in [2.45, 2.75) is 25.4 Å².